The number of aryl methyl sites for hydroxylation is 1. The Labute approximate surface area is 145 Å². The number of rotatable bonds is 7. The Balaban J connectivity index is 1.55. The summed E-state index contributed by atoms with van der Waals surface area (Å²) in [7, 11) is 0. The van der Waals surface area contributed by atoms with E-state index in [-0.39, 0.29) is 12.3 Å². The van der Waals surface area contributed by atoms with E-state index in [0.29, 0.717) is 13.2 Å². The molecular weight excluding hydrogens is 318 g/mol. The number of aromatic nitrogens is 3. The topological polar surface area (TPSA) is 81.4 Å². The smallest absolute Gasteiger partial charge is 0.241 e. The summed E-state index contributed by atoms with van der Waals surface area (Å²) in [6.07, 6.45) is 1.84. The maximum absolute atomic E-state index is 12.0. The maximum Gasteiger partial charge on any atom is 0.241 e. The van der Waals surface area contributed by atoms with Crippen LogP contribution in [0.5, 0.6) is 5.75 Å². The number of hydrogen-bond donors (Lipinski definition) is 1. The molecular formula is C18H19N5O2. The predicted octanol–water partition coefficient (Wildman–Crippen LogP) is 2.37. The van der Waals surface area contributed by atoms with E-state index in [4.69, 9.17) is 4.74 Å². The minimum atomic E-state index is -0.190. The van der Waals surface area contributed by atoms with Crippen molar-refractivity contribution in [1.29, 1.82) is 0 Å². The zero-order valence-electron chi connectivity index (χ0n) is 13.9. The van der Waals surface area contributed by atoms with Crippen LogP contribution < -0.4 is 10.2 Å². The maximum atomic E-state index is 12.0. The largest absolute Gasteiger partial charge is 0.493 e. The summed E-state index contributed by atoms with van der Waals surface area (Å²) < 4.78 is 7.22. The fourth-order valence-corrected chi connectivity index (χ4v) is 2.39. The lowest BCUT2D eigenvalue weighted by molar-refractivity contribution is -0.121. The molecule has 25 heavy (non-hydrogen) atoms. The van der Waals surface area contributed by atoms with E-state index in [0.717, 1.165) is 22.3 Å². The van der Waals surface area contributed by atoms with Gasteiger partial charge in [-0.25, -0.2) is 10.1 Å². The Kier molecular flexibility index (Phi) is 5.36. The molecule has 1 heterocycles. The second-order valence-electron chi connectivity index (χ2n) is 5.32. The number of para-hydroxylation sites is 2. The molecule has 1 aromatic heterocycles. The van der Waals surface area contributed by atoms with Crippen molar-refractivity contribution >= 4 is 23.2 Å². The zero-order valence-corrected chi connectivity index (χ0v) is 13.9. The molecule has 0 fully saturated rings. The Hall–Kier alpha value is -3.22. The van der Waals surface area contributed by atoms with Crippen molar-refractivity contribution < 1.29 is 9.53 Å². The third-order valence-electron chi connectivity index (χ3n) is 3.58. The van der Waals surface area contributed by atoms with Crippen LogP contribution >= 0.6 is 0 Å². The molecule has 7 nitrogen and oxygen atoms in total. The molecule has 3 rings (SSSR count). The van der Waals surface area contributed by atoms with Crippen molar-refractivity contribution in [3.63, 3.8) is 0 Å². The van der Waals surface area contributed by atoms with Gasteiger partial charge in [-0.2, -0.15) is 5.10 Å². The molecule has 0 aliphatic heterocycles. The van der Waals surface area contributed by atoms with E-state index in [1.807, 2.05) is 55.5 Å². The minimum Gasteiger partial charge on any atom is -0.493 e. The third kappa shape index (κ3) is 4.20. The van der Waals surface area contributed by atoms with Crippen LogP contribution in [0.2, 0.25) is 0 Å². The fourth-order valence-electron chi connectivity index (χ4n) is 2.39. The van der Waals surface area contributed by atoms with Gasteiger partial charge in [-0.05, 0) is 31.2 Å². The van der Waals surface area contributed by atoms with E-state index < -0.39 is 0 Å². The van der Waals surface area contributed by atoms with Crippen LogP contribution in [0.1, 0.15) is 18.9 Å². The van der Waals surface area contributed by atoms with Crippen molar-refractivity contribution in [2.24, 2.45) is 5.10 Å². The second-order valence-corrected chi connectivity index (χ2v) is 5.32. The van der Waals surface area contributed by atoms with E-state index in [1.54, 1.807) is 10.9 Å². The van der Waals surface area contributed by atoms with Gasteiger partial charge in [0, 0.05) is 12.0 Å². The van der Waals surface area contributed by atoms with Gasteiger partial charge in [0.25, 0.3) is 0 Å². The molecule has 0 atom stereocenters. The summed E-state index contributed by atoms with van der Waals surface area (Å²) in [6.45, 7) is 2.93. The molecule has 128 valence electrons. The molecule has 3 aromatic rings. The van der Waals surface area contributed by atoms with Gasteiger partial charge in [0.1, 0.15) is 11.3 Å². The highest BCUT2D eigenvalue weighted by molar-refractivity contribution is 5.85. The van der Waals surface area contributed by atoms with Crippen molar-refractivity contribution in [3.8, 4) is 5.75 Å². The van der Waals surface area contributed by atoms with Gasteiger partial charge in [0.05, 0.1) is 24.9 Å². The number of nitrogens with one attached hydrogen (secondary N) is 1. The Morgan fingerprint density at radius 3 is 2.92 bits per heavy atom. The molecule has 1 amide bonds. The molecule has 0 bridgehead atoms. The molecule has 0 saturated heterocycles. The summed E-state index contributed by atoms with van der Waals surface area (Å²) in [4.78, 5) is 12.0. The Morgan fingerprint density at radius 1 is 1.24 bits per heavy atom. The monoisotopic (exact) mass is 337 g/mol. The zero-order chi connectivity index (χ0) is 17.5. The lowest BCUT2D eigenvalue weighted by atomic mass is 10.2. The number of carbonyl (C=O) groups excluding carboxylic acids is 1. The molecule has 0 spiro atoms. The van der Waals surface area contributed by atoms with Gasteiger partial charge in [-0.3, -0.25) is 4.79 Å². The van der Waals surface area contributed by atoms with Gasteiger partial charge < -0.3 is 4.74 Å². The minimum absolute atomic E-state index is 0.190. The van der Waals surface area contributed by atoms with Crippen molar-refractivity contribution in [2.75, 3.05) is 6.61 Å². The van der Waals surface area contributed by atoms with E-state index >= 15 is 0 Å². The Morgan fingerprint density at radius 2 is 2.04 bits per heavy atom. The van der Waals surface area contributed by atoms with Crippen LogP contribution in [0.4, 0.5) is 0 Å². The summed E-state index contributed by atoms with van der Waals surface area (Å²) >= 11 is 0. The molecule has 0 aliphatic carbocycles. The van der Waals surface area contributed by atoms with Gasteiger partial charge in [0.15, 0.2) is 0 Å². The molecule has 0 unspecified atom stereocenters. The van der Waals surface area contributed by atoms with Crippen molar-refractivity contribution in [3.05, 3.63) is 54.1 Å². The first kappa shape index (κ1) is 16.6. The molecule has 1 N–H and O–H groups in total. The average molecular weight is 337 g/mol. The highest BCUT2D eigenvalue weighted by Gasteiger charge is 2.06. The lowest BCUT2D eigenvalue weighted by Crippen LogP contribution is -2.19. The van der Waals surface area contributed by atoms with Gasteiger partial charge in [0.2, 0.25) is 5.91 Å². The highest BCUT2D eigenvalue weighted by atomic mass is 16.5. The SMILES string of the molecule is CCOc1ccccc1/C=N\NC(=O)CCn1nnc2ccccc21. The molecule has 0 aliphatic rings. The van der Waals surface area contributed by atoms with Gasteiger partial charge in [-0.1, -0.05) is 29.5 Å². The summed E-state index contributed by atoms with van der Waals surface area (Å²) in [5.74, 6) is 0.543. The van der Waals surface area contributed by atoms with Crippen LogP contribution in [0.15, 0.2) is 53.6 Å². The summed E-state index contributed by atoms with van der Waals surface area (Å²) in [5, 5.41) is 12.1. The first-order valence-corrected chi connectivity index (χ1v) is 8.10. The number of carbonyl (C=O) groups is 1. The normalized spacial score (nSPS) is 11.1. The molecule has 0 radical (unpaired) electrons. The average Bonchev–Trinajstić information content (AvgIpc) is 3.05. The van der Waals surface area contributed by atoms with E-state index in [2.05, 4.69) is 20.8 Å². The van der Waals surface area contributed by atoms with Crippen LogP contribution in [-0.4, -0.2) is 33.7 Å². The van der Waals surface area contributed by atoms with E-state index in [9.17, 15) is 4.79 Å². The number of hydrogen-bond acceptors (Lipinski definition) is 5. The Bertz CT molecular complexity index is 888. The van der Waals surface area contributed by atoms with Crippen LogP contribution in [0, 0.1) is 0 Å². The molecule has 2 aromatic carbocycles. The van der Waals surface area contributed by atoms with Gasteiger partial charge in [-0.15, -0.1) is 5.10 Å². The number of nitrogens with zero attached hydrogens (tertiary/aromatic N) is 4. The van der Waals surface area contributed by atoms with Crippen LogP contribution in [0.25, 0.3) is 11.0 Å². The number of amides is 1. The number of fused-ring (bicyclic) bond motifs is 1. The first-order chi connectivity index (χ1) is 12.3. The highest BCUT2D eigenvalue weighted by Crippen LogP contribution is 2.15. The van der Waals surface area contributed by atoms with Crippen LogP contribution in [0.3, 0.4) is 0 Å². The molecule has 7 heteroatoms. The standard InChI is InChI=1S/C18H19N5O2/c1-2-25-17-10-6-3-7-14(17)13-19-21-18(24)11-12-23-16-9-5-4-8-15(16)20-22-23/h3-10,13H,2,11-12H2,1H3,(H,21,24)/b19-13-. The third-order valence-corrected chi connectivity index (χ3v) is 3.58. The van der Waals surface area contributed by atoms with Crippen molar-refractivity contribution in [1.82, 2.24) is 20.4 Å². The summed E-state index contributed by atoms with van der Waals surface area (Å²) in [5.41, 5.74) is 5.06. The molecule has 0 saturated carbocycles. The first-order valence-electron chi connectivity index (χ1n) is 8.10. The van der Waals surface area contributed by atoms with E-state index in [1.165, 1.54) is 0 Å². The lowest BCUT2D eigenvalue weighted by Gasteiger charge is -2.06. The second kappa shape index (κ2) is 8.05. The van der Waals surface area contributed by atoms with Crippen molar-refractivity contribution in [2.45, 2.75) is 19.9 Å². The van der Waals surface area contributed by atoms with Crippen LogP contribution in [-0.2, 0) is 11.3 Å². The summed E-state index contributed by atoms with van der Waals surface area (Å²) in [6, 6.07) is 15.2. The van der Waals surface area contributed by atoms with Gasteiger partial charge >= 0.3 is 0 Å². The number of hydrazone groups is 1. The fraction of sp³-hybridized carbons (Fsp3) is 0.222. The number of benzene rings is 2. The number of ether oxygens (including phenoxy) is 1. The quantitative estimate of drug-likeness (QED) is 0.530. The predicted molar refractivity (Wildman–Crippen MR) is 95.5 cm³/mol.